The molecule has 0 fully saturated rings. The molecule has 1 aromatic rings. The molecule has 0 saturated heterocycles. The van der Waals surface area contributed by atoms with E-state index in [0.29, 0.717) is 19.6 Å². The van der Waals surface area contributed by atoms with Gasteiger partial charge in [0.05, 0.1) is 30.9 Å². The van der Waals surface area contributed by atoms with Crippen molar-refractivity contribution in [3.05, 3.63) is 29.6 Å². The Morgan fingerprint density at radius 2 is 1.86 bits per heavy atom. The van der Waals surface area contributed by atoms with Crippen LogP contribution in [0.1, 0.15) is 18.3 Å². The Hall–Kier alpha value is -1.99. The zero-order chi connectivity index (χ0) is 16.0. The first-order valence-corrected chi connectivity index (χ1v) is 7.62. The molecule has 0 atom stereocenters. The van der Waals surface area contributed by atoms with Gasteiger partial charge in [-0.2, -0.15) is 10.5 Å². The van der Waals surface area contributed by atoms with Crippen molar-refractivity contribution in [1.82, 2.24) is 20.5 Å². The molecule has 0 radical (unpaired) electrons. The van der Waals surface area contributed by atoms with Crippen LogP contribution in [0.4, 0.5) is 0 Å². The predicted molar refractivity (Wildman–Crippen MR) is 85.9 cm³/mol. The summed E-state index contributed by atoms with van der Waals surface area (Å²) in [5, 5.41) is 23.6. The number of nitriles is 2. The molecule has 1 rings (SSSR count). The van der Waals surface area contributed by atoms with Crippen molar-refractivity contribution < 1.29 is 0 Å². The Bertz CT molecular complexity index is 502. The number of aromatic nitrogens is 1. The number of hydrogen-bond acceptors (Lipinski definition) is 6. The topological polar surface area (TPSA) is 87.8 Å². The van der Waals surface area contributed by atoms with Crippen LogP contribution >= 0.6 is 0 Å². The second-order valence-electron chi connectivity index (χ2n) is 4.93. The van der Waals surface area contributed by atoms with Crippen LogP contribution in [0.25, 0.3) is 0 Å². The Morgan fingerprint density at radius 1 is 1.09 bits per heavy atom. The zero-order valence-electron chi connectivity index (χ0n) is 13.2. The summed E-state index contributed by atoms with van der Waals surface area (Å²) in [4.78, 5) is 6.66. The molecule has 0 aliphatic heterocycles. The molecule has 1 aromatic heterocycles. The molecule has 6 heteroatoms. The van der Waals surface area contributed by atoms with E-state index in [2.05, 4.69) is 33.5 Å². The highest BCUT2D eigenvalue weighted by atomic mass is 15.1. The first kappa shape index (κ1) is 18.1. The van der Waals surface area contributed by atoms with Crippen molar-refractivity contribution in [1.29, 1.82) is 10.5 Å². The first-order chi connectivity index (χ1) is 10.8. The maximum absolute atomic E-state index is 8.94. The van der Waals surface area contributed by atoms with E-state index >= 15 is 0 Å². The van der Waals surface area contributed by atoms with Crippen molar-refractivity contribution in [2.75, 3.05) is 39.3 Å². The SMILES string of the molecule is CCc1cccc(CN(CC#N)CCNCCNCC#N)n1. The van der Waals surface area contributed by atoms with E-state index in [1.165, 1.54) is 0 Å². The minimum absolute atomic E-state index is 0.377. The first-order valence-electron chi connectivity index (χ1n) is 7.62. The maximum atomic E-state index is 8.94. The molecule has 0 aliphatic rings. The van der Waals surface area contributed by atoms with Crippen LogP contribution in [0.15, 0.2) is 18.2 Å². The number of nitrogens with one attached hydrogen (secondary N) is 2. The molecule has 22 heavy (non-hydrogen) atoms. The molecule has 0 aliphatic carbocycles. The molecule has 0 bridgehead atoms. The monoisotopic (exact) mass is 300 g/mol. The molecule has 1 heterocycles. The van der Waals surface area contributed by atoms with Gasteiger partial charge in [0.2, 0.25) is 0 Å². The lowest BCUT2D eigenvalue weighted by molar-refractivity contribution is 0.293. The Balaban J connectivity index is 2.32. The van der Waals surface area contributed by atoms with Crippen LogP contribution in [-0.2, 0) is 13.0 Å². The van der Waals surface area contributed by atoms with E-state index in [-0.39, 0.29) is 0 Å². The average molecular weight is 300 g/mol. The molecule has 6 nitrogen and oxygen atoms in total. The van der Waals surface area contributed by atoms with E-state index in [0.717, 1.165) is 44.0 Å². The summed E-state index contributed by atoms with van der Waals surface area (Å²) in [6.07, 6.45) is 0.920. The third-order valence-corrected chi connectivity index (χ3v) is 3.19. The van der Waals surface area contributed by atoms with Crippen molar-refractivity contribution in [3.8, 4) is 12.1 Å². The zero-order valence-corrected chi connectivity index (χ0v) is 13.2. The summed E-state index contributed by atoms with van der Waals surface area (Å²) in [6.45, 7) is 6.73. The number of hydrogen-bond donors (Lipinski definition) is 2. The van der Waals surface area contributed by atoms with Crippen molar-refractivity contribution in [3.63, 3.8) is 0 Å². The summed E-state index contributed by atoms with van der Waals surface area (Å²) in [6, 6.07) is 10.3. The van der Waals surface area contributed by atoms with Crippen LogP contribution in [-0.4, -0.2) is 49.2 Å². The van der Waals surface area contributed by atoms with Gasteiger partial charge in [-0.1, -0.05) is 13.0 Å². The lowest BCUT2D eigenvalue weighted by atomic mass is 10.2. The van der Waals surface area contributed by atoms with Gasteiger partial charge in [-0.05, 0) is 18.6 Å². The molecular formula is C16H24N6. The summed E-state index contributed by atoms with van der Waals surface area (Å²) in [7, 11) is 0. The summed E-state index contributed by atoms with van der Waals surface area (Å²) in [5.74, 6) is 0. The minimum atomic E-state index is 0.377. The van der Waals surface area contributed by atoms with E-state index in [9.17, 15) is 0 Å². The number of aryl methyl sites for hydroxylation is 1. The highest BCUT2D eigenvalue weighted by molar-refractivity contribution is 5.11. The van der Waals surface area contributed by atoms with E-state index in [1.807, 2.05) is 24.3 Å². The van der Waals surface area contributed by atoms with E-state index < -0.39 is 0 Å². The van der Waals surface area contributed by atoms with Crippen LogP contribution in [0.5, 0.6) is 0 Å². The van der Waals surface area contributed by atoms with E-state index in [4.69, 9.17) is 10.5 Å². The quantitative estimate of drug-likeness (QED) is 0.461. The standard InChI is InChI=1S/C16H24N6/c1-2-15-4-3-5-16(21-15)14-22(12-7-18)13-11-20-10-9-19-8-6-17/h3-5,19-20H,2,8-14H2,1H3. The molecule has 0 saturated carbocycles. The highest BCUT2D eigenvalue weighted by Crippen LogP contribution is 2.04. The second kappa shape index (κ2) is 11.6. The third kappa shape index (κ3) is 7.70. The van der Waals surface area contributed by atoms with Crippen LogP contribution < -0.4 is 10.6 Å². The highest BCUT2D eigenvalue weighted by Gasteiger charge is 2.06. The summed E-state index contributed by atoms with van der Waals surface area (Å²) < 4.78 is 0. The maximum Gasteiger partial charge on any atom is 0.0869 e. The molecular weight excluding hydrogens is 276 g/mol. The molecule has 118 valence electrons. The summed E-state index contributed by atoms with van der Waals surface area (Å²) in [5.41, 5.74) is 2.08. The largest absolute Gasteiger partial charge is 0.314 e. The number of nitrogens with zero attached hydrogens (tertiary/aromatic N) is 4. The van der Waals surface area contributed by atoms with Crippen molar-refractivity contribution >= 4 is 0 Å². The molecule has 0 unspecified atom stereocenters. The van der Waals surface area contributed by atoms with Gasteiger partial charge < -0.3 is 10.6 Å². The predicted octanol–water partition coefficient (Wildman–Crippen LogP) is 0.672. The third-order valence-electron chi connectivity index (χ3n) is 3.19. The van der Waals surface area contributed by atoms with Gasteiger partial charge in [-0.25, -0.2) is 0 Å². The van der Waals surface area contributed by atoms with Crippen molar-refractivity contribution in [2.45, 2.75) is 19.9 Å². The Kier molecular flexibility index (Phi) is 9.56. The van der Waals surface area contributed by atoms with Gasteiger partial charge in [0.1, 0.15) is 0 Å². The average Bonchev–Trinajstić information content (AvgIpc) is 2.54. The summed E-state index contributed by atoms with van der Waals surface area (Å²) >= 11 is 0. The smallest absolute Gasteiger partial charge is 0.0869 e. The second-order valence-corrected chi connectivity index (χ2v) is 4.93. The van der Waals surface area contributed by atoms with Crippen LogP contribution in [0.3, 0.4) is 0 Å². The minimum Gasteiger partial charge on any atom is -0.314 e. The Labute approximate surface area is 132 Å². The normalized spacial score (nSPS) is 10.4. The van der Waals surface area contributed by atoms with Gasteiger partial charge in [-0.3, -0.25) is 9.88 Å². The lowest BCUT2D eigenvalue weighted by Crippen LogP contribution is -2.35. The van der Waals surface area contributed by atoms with E-state index in [1.54, 1.807) is 0 Å². The molecule has 0 spiro atoms. The molecule has 0 aromatic carbocycles. The van der Waals surface area contributed by atoms with Crippen molar-refractivity contribution in [2.24, 2.45) is 0 Å². The van der Waals surface area contributed by atoms with Gasteiger partial charge >= 0.3 is 0 Å². The van der Waals surface area contributed by atoms with Gasteiger partial charge in [0, 0.05) is 38.4 Å². The molecule has 2 N–H and O–H groups in total. The number of rotatable bonds is 11. The number of pyridine rings is 1. The molecule has 0 amide bonds. The van der Waals surface area contributed by atoms with Gasteiger partial charge in [0.25, 0.3) is 0 Å². The fourth-order valence-corrected chi connectivity index (χ4v) is 2.04. The lowest BCUT2D eigenvalue weighted by Gasteiger charge is -2.19. The van der Waals surface area contributed by atoms with Gasteiger partial charge in [0.15, 0.2) is 0 Å². The fraction of sp³-hybridized carbons (Fsp3) is 0.562. The van der Waals surface area contributed by atoms with Gasteiger partial charge in [-0.15, -0.1) is 0 Å². The fourth-order valence-electron chi connectivity index (χ4n) is 2.04. The van der Waals surface area contributed by atoms with Crippen LogP contribution in [0, 0.1) is 22.7 Å². The Morgan fingerprint density at radius 3 is 2.59 bits per heavy atom. The van der Waals surface area contributed by atoms with Crippen LogP contribution in [0.2, 0.25) is 0 Å².